The molecular weight excluding hydrogens is 232 g/mol. The van der Waals surface area contributed by atoms with Crippen LogP contribution in [-0.4, -0.2) is 6.54 Å². The van der Waals surface area contributed by atoms with Gasteiger partial charge in [-0.3, -0.25) is 0 Å². The van der Waals surface area contributed by atoms with E-state index < -0.39 is 11.3 Å². The van der Waals surface area contributed by atoms with Gasteiger partial charge in [-0.25, -0.2) is 8.78 Å². The Kier molecular flexibility index (Phi) is 4.16. The summed E-state index contributed by atoms with van der Waals surface area (Å²) in [7, 11) is 0. The second kappa shape index (κ2) is 4.96. The zero-order chi connectivity index (χ0) is 14.1. The van der Waals surface area contributed by atoms with Crippen molar-refractivity contribution in [2.75, 3.05) is 6.54 Å². The maximum Gasteiger partial charge on any atom is 0.279 e. The molecule has 0 radical (unpaired) electrons. The molecule has 18 heavy (non-hydrogen) atoms. The molecule has 0 amide bonds. The number of halogens is 2. The molecule has 1 nitrogen and oxygen atoms in total. The predicted molar refractivity (Wildman–Crippen MR) is 72.0 cm³/mol. The summed E-state index contributed by atoms with van der Waals surface area (Å²) in [6, 6.07) is 5.30. The maximum absolute atomic E-state index is 14.6. The molecule has 0 saturated heterocycles. The highest BCUT2D eigenvalue weighted by atomic mass is 19.3. The van der Waals surface area contributed by atoms with Crippen molar-refractivity contribution >= 4 is 0 Å². The highest BCUT2D eigenvalue weighted by molar-refractivity contribution is 5.36. The Labute approximate surface area is 108 Å². The van der Waals surface area contributed by atoms with Crippen LogP contribution in [0.1, 0.15) is 50.3 Å². The zero-order valence-electron chi connectivity index (χ0n) is 11.8. The highest BCUT2D eigenvalue weighted by Gasteiger charge is 2.48. The first-order valence-corrected chi connectivity index (χ1v) is 6.32. The van der Waals surface area contributed by atoms with Crippen LogP contribution < -0.4 is 5.73 Å². The summed E-state index contributed by atoms with van der Waals surface area (Å²) in [5.74, 6) is -2.68. The third-order valence-corrected chi connectivity index (χ3v) is 3.63. The number of hydrogen-bond acceptors (Lipinski definition) is 1. The Balaban J connectivity index is 3.35. The zero-order valence-corrected chi connectivity index (χ0v) is 11.8. The molecular formula is C15H23F2N. The van der Waals surface area contributed by atoms with Crippen molar-refractivity contribution < 1.29 is 8.78 Å². The van der Waals surface area contributed by atoms with Gasteiger partial charge in [0.15, 0.2) is 0 Å². The molecule has 102 valence electrons. The molecule has 1 aromatic rings. The summed E-state index contributed by atoms with van der Waals surface area (Å²) in [4.78, 5) is 0. The van der Waals surface area contributed by atoms with Gasteiger partial charge in [0.1, 0.15) is 0 Å². The van der Waals surface area contributed by atoms with Crippen molar-refractivity contribution in [1.29, 1.82) is 0 Å². The average Bonchev–Trinajstić information content (AvgIpc) is 2.28. The molecule has 0 saturated carbocycles. The van der Waals surface area contributed by atoms with Gasteiger partial charge in [-0.1, -0.05) is 39.8 Å². The molecule has 0 aromatic heterocycles. The predicted octanol–water partition coefficient (Wildman–Crippen LogP) is 4.20. The SMILES string of the molecule is Cc1ccc(C(C)C)cc1C(F)(F)C(C)(C)CN. The molecule has 0 fully saturated rings. The van der Waals surface area contributed by atoms with E-state index in [1.807, 2.05) is 19.9 Å². The molecule has 3 heteroatoms. The summed E-state index contributed by atoms with van der Waals surface area (Å²) >= 11 is 0. The fourth-order valence-electron chi connectivity index (χ4n) is 1.83. The summed E-state index contributed by atoms with van der Waals surface area (Å²) in [6.45, 7) is 8.69. The Bertz CT molecular complexity index is 423. The van der Waals surface area contributed by atoms with Crippen molar-refractivity contribution in [3.8, 4) is 0 Å². The number of hydrogen-bond donors (Lipinski definition) is 1. The molecule has 0 aliphatic carbocycles. The first-order valence-electron chi connectivity index (χ1n) is 6.32. The van der Waals surface area contributed by atoms with E-state index in [0.29, 0.717) is 5.56 Å². The van der Waals surface area contributed by atoms with Gasteiger partial charge in [0.2, 0.25) is 0 Å². The number of rotatable bonds is 4. The van der Waals surface area contributed by atoms with Gasteiger partial charge in [-0.15, -0.1) is 0 Å². The maximum atomic E-state index is 14.6. The minimum absolute atomic E-state index is 0.0503. The lowest BCUT2D eigenvalue weighted by Crippen LogP contribution is -2.40. The van der Waals surface area contributed by atoms with E-state index in [9.17, 15) is 8.78 Å². The lowest BCUT2D eigenvalue weighted by Gasteiger charge is -2.34. The van der Waals surface area contributed by atoms with Crippen LogP contribution in [0, 0.1) is 12.3 Å². The van der Waals surface area contributed by atoms with E-state index in [1.54, 1.807) is 19.1 Å². The van der Waals surface area contributed by atoms with Crippen molar-refractivity contribution in [2.24, 2.45) is 11.1 Å². The molecule has 1 aromatic carbocycles. The van der Waals surface area contributed by atoms with Crippen molar-refractivity contribution in [1.82, 2.24) is 0 Å². The Hall–Kier alpha value is -0.960. The highest BCUT2D eigenvalue weighted by Crippen LogP contribution is 2.45. The molecule has 2 N–H and O–H groups in total. The van der Waals surface area contributed by atoms with E-state index in [0.717, 1.165) is 5.56 Å². The summed E-state index contributed by atoms with van der Waals surface area (Å²) in [5.41, 5.74) is 5.91. The summed E-state index contributed by atoms with van der Waals surface area (Å²) in [6.07, 6.45) is 0. The molecule has 0 unspecified atom stereocenters. The first kappa shape index (κ1) is 15.1. The normalized spacial score (nSPS) is 13.2. The topological polar surface area (TPSA) is 26.0 Å². The standard InChI is InChI=1S/C15H23F2N/c1-10(2)12-7-6-11(3)13(8-12)15(16,17)14(4,5)9-18/h6-8,10H,9,18H2,1-5H3. The molecule has 0 heterocycles. The van der Waals surface area contributed by atoms with E-state index in [-0.39, 0.29) is 18.0 Å². The number of aryl methyl sites for hydroxylation is 1. The molecule has 1 rings (SSSR count). The third-order valence-electron chi connectivity index (χ3n) is 3.63. The van der Waals surface area contributed by atoms with Gasteiger partial charge >= 0.3 is 0 Å². The van der Waals surface area contributed by atoms with E-state index in [4.69, 9.17) is 5.73 Å². The van der Waals surface area contributed by atoms with Crippen molar-refractivity contribution in [3.63, 3.8) is 0 Å². The van der Waals surface area contributed by atoms with Crippen LogP contribution in [0.3, 0.4) is 0 Å². The van der Waals surface area contributed by atoms with Crippen LogP contribution in [0.25, 0.3) is 0 Å². The monoisotopic (exact) mass is 255 g/mol. The average molecular weight is 255 g/mol. The van der Waals surface area contributed by atoms with Gasteiger partial charge < -0.3 is 5.73 Å². The molecule has 0 aliphatic rings. The van der Waals surface area contributed by atoms with Gasteiger partial charge in [0.25, 0.3) is 5.92 Å². The van der Waals surface area contributed by atoms with Crippen LogP contribution in [0.4, 0.5) is 8.78 Å². The fourth-order valence-corrected chi connectivity index (χ4v) is 1.83. The number of nitrogens with two attached hydrogens (primary N) is 1. The first-order chi connectivity index (χ1) is 8.13. The smallest absolute Gasteiger partial charge is 0.279 e. The number of benzene rings is 1. The minimum Gasteiger partial charge on any atom is -0.330 e. The van der Waals surface area contributed by atoms with E-state index in [2.05, 4.69) is 0 Å². The molecule has 0 bridgehead atoms. The fraction of sp³-hybridized carbons (Fsp3) is 0.600. The van der Waals surface area contributed by atoms with Crippen LogP contribution in [0.5, 0.6) is 0 Å². The molecule has 0 atom stereocenters. The Morgan fingerprint density at radius 1 is 1.22 bits per heavy atom. The third kappa shape index (κ3) is 2.56. The lowest BCUT2D eigenvalue weighted by atomic mass is 9.79. The van der Waals surface area contributed by atoms with Gasteiger partial charge in [0, 0.05) is 17.5 Å². The molecule has 0 spiro atoms. The van der Waals surface area contributed by atoms with E-state index >= 15 is 0 Å². The van der Waals surface area contributed by atoms with Crippen LogP contribution in [0.15, 0.2) is 18.2 Å². The second-order valence-electron chi connectivity index (χ2n) is 5.89. The molecule has 0 aliphatic heterocycles. The van der Waals surface area contributed by atoms with Crippen LogP contribution in [0.2, 0.25) is 0 Å². The Morgan fingerprint density at radius 2 is 1.78 bits per heavy atom. The van der Waals surface area contributed by atoms with Gasteiger partial charge in [-0.2, -0.15) is 0 Å². The summed E-state index contributed by atoms with van der Waals surface area (Å²) in [5, 5.41) is 0. The second-order valence-corrected chi connectivity index (χ2v) is 5.89. The minimum atomic E-state index is -2.92. The van der Waals surface area contributed by atoms with Crippen molar-refractivity contribution in [3.05, 3.63) is 34.9 Å². The quantitative estimate of drug-likeness (QED) is 0.857. The van der Waals surface area contributed by atoms with Crippen LogP contribution >= 0.6 is 0 Å². The van der Waals surface area contributed by atoms with E-state index in [1.165, 1.54) is 13.8 Å². The Morgan fingerprint density at radius 3 is 2.22 bits per heavy atom. The van der Waals surface area contributed by atoms with Crippen molar-refractivity contribution in [2.45, 2.75) is 46.5 Å². The summed E-state index contributed by atoms with van der Waals surface area (Å²) < 4.78 is 29.1. The van der Waals surface area contributed by atoms with Gasteiger partial charge in [0.05, 0.1) is 0 Å². The van der Waals surface area contributed by atoms with Crippen LogP contribution in [-0.2, 0) is 5.92 Å². The lowest BCUT2D eigenvalue weighted by molar-refractivity contribution is -0.109. The largest absolute Gasteiger partial charge is 0.330 e. The van der Waals surface area contributed by atoms with Gasteiger partial charge in [-0.05, 0) is 30.0 Å². The number of alkyl halides is 2.